The average molecular weight is 548 g/mol. The molecule has 0 saturated heterocycles. The highest BCUT2D eigenvalue weighted by Crippen LogP contribution is 2.39. The second-order valence-electron chi connectivity index (χ2n) is 9.00. The van der Waals surface area contributed by atoms with E-state index in [-0.39, 0.29) is 22.3 Å². The van der Waals surface area contributed by atoms with Crippen LogP contribution in [0, 0.1) is 20.8 Å². The highest BCUT2D eigenvalue weighted by Gasteiger charge is 2.27. The standard InChI is InChI=1S/C29H29N3O6S/c1-17-14-18(2)28(19(3)15-17)38-29-20(22(33)16-39(34,35)26-11-7-10-25(30)32-26)12-13-21(31-29)27-23(36-4)8-6-9-24(27)37-5/h6-15H,16H2,1-5H3,(H2,30,32). The average Bonchev–Trinajstić information content (AvgIpc) is 2.89. The number of methoxy groups -OCH3 is 2. The first-order valence-electron chi connectivity index (χ1n) is 12.0. The topological polar surface area (TPSA) is 131 Å². The van der Waals surface area contributed by atoms with E-state index >= 15 is 0 Å². The summed E-state index contributed by atoms with van der Waals surface area (Å²) in [5.41, 5.74) is 9.35. The van der Waals surface area contributed by atoms with Gasteiger partial charge in [0, 0.05) is 0 Å². The zero-order valence-electron chi connectivity index (χ0n) is 22.3. The zero-order chi connectivity index (χ0) is 28.3. The minimum atomic E-state index is -4.09. The molecule has 0 fully saturated rings. The molecule has 2 heterocycles. The van der Waals surface area contributed by atoms with Crippen molar-refractivity contribution in [3.05, 3.63) is 82.9 Å². The molecule has 0 spiro atoms. The van der Waals surface area contributed by atoms with E-state index in [2.05, 4.69) is 9.97 Å². The maximum Gasteiger partial charge on any atom is 0.230 e. The van der Waals surface area contributed by atoms with E-state index in [0.29, 0.717) is 28.5 Å². The SMILES string of the molecule is COc1cccc(OC)c1-c1ccc(C(=O)CS(=O)(=O)c2cccc(N)n2)c(Oc2c(C)cc(C)cc2C)n1. The maximum absolute atomic E-state index is 13.4. The van der Waals surface area contributed by atoms with Crippen LogP contribution in [-0.4, -0.2) is 44.1 Å². The molecule has 0 aliphatic heterocycles. The summed E-state index contributed by atoms with van der Waals surface area (Å²) < 4.78 is 43.3. The van der Waals surface area contributed by atoms with Crippen molar-refractivity contribution in [3.63, 3.8) is 0 Å². The largest absolute Gasteiger partial charge is 0.496 e. The van der Waals surface area contributed by atoms with E-state index in [4.69, 9.17) is 19.9 Å². The molecule has 4 rings (SSSR count). The minimum absolute atomic E-state index is 0.000493. The fraction of sp³-hybridized carbons (Fsp3) is 0.207. The van der Waals surface area contributed by atoms with Gasteiger partial charge in [-0.3, -0.25) is 4.79 Å². The Hall–Kier alpha value is -4.44. The maximum atomic E-state index is 13.4. The van der Waals surface area contributed by atoms with Crippen LogP contribution in [0.4, 0.5) is 5.82 Å². The van der Waals surface area contributed by atoms with Crippen molar-refractivity contribution in [3.8, 4) is 34.4 Å². The first-order chi connectivity index (χ1) is 18.5. The van der Waals surface area contributed by atoms with Crippen molar-refractivity contribution in [1.82, 2.24) is 9.97 Å². The van der Waals surface area contributed by atoms with Gasteiger partial charge in [-0.25, -0.2) is 18.4 Å². The monoisotopic (exact) mass is 547 g/mol. The van der Waals surface area contributed by atoms with Gasteiger partial charge in [-0.15, -0.1) is 0 Å². The summed E-state index contributed by atoms with van der Waals surface area (Å²) in [6.07, 6.45) is 0. The van der Waals surface area contributed by atoms with Gasteiger partial charge in [-0.05, 0) is 68.3 Å². The number of sulfone groups is 1. The molecule has 2 N–H and O–H groups in total. The Morgan fingerprint density at radius 3 is 2.08 bits per heavy atom. The number of carbonyl (C=O) groups is 1. The number of Topliss-reactive ketones (excluding diaryl/α,β-unsaturated/α-hetero) is 1. The van der Waals surface area contributed by atoms with Crippen LogP contribution in [-0.2, 0) is 9.84 Å². The normalized spacial score (nSPS) is 11.2. The molecule has 0 saturated carbocycles. The number of benzene rings is 2. The molecular formula is C29H29N3O6S. The number of ketones is 1. The Bertz CT molecular complexity index is 1620. The van der Waals surface area contributed by atoms with Crippen LogP contribution in [0.1, 0.15) is 27.0 Å². The molecule has 0 aliphatic carbocycles. The molecule has 39 heavy (non-hydrogen) atoms. The number of carbonyl (C=O) groups excluding carboxylic acids is 1. The first-order valence-corrected chi connectivity index (χ1v) is 13.7. The Kier molecular flexibility index (Phi) is 7.87. The Morgan fingerprint density at radius 2 is 1.49 bits per heavy atom. The molecule has 0 atom stereocenters. The van der Waals surface area contributed by atoms with Gasteiger partial charge in [-0.2, -0.15) is 0 Å². The van der Waals surface area contributed by atoms with E-state index in [9.17, 15) is 13.2 Å². The molecule has 2 aromatic carbocycles. The van der Waals surface area contributed by atoms with Gasteiger partial charge in [0.25, 0.3) is 0 Å². The lowest BCUT2D eigenvalue weighted by atomic mass is 10.1. The predicted molar refractivity (Wildman–Crippen MR) is 149 cm³/mol. The number of hydrogen-bond donors (Lipinski definition) is 1. The number of pyridine rings is 2. The number of nitrogens with two attached hydrogens (primary N) is 1. The number of aromatic nitrogens is 2. The lowest BCUT2D eigenvalue weighted by Gasteiger charge is -2.17. The summed E-state index contributed by atoms with van der Waals surface area (Å²) in [5.74, 6) is -0.0278. The predicted octanol–water partition coefficient (Wildman–Crippen LogP) is 5.12. The molecule has 2 aromatic heterocycles. The van der Waals surface area contributed by atoms with Crippen molar-refractivity contribution in [2.24, 2.45) is 0 Å². The Labute approximate surface area is 227 Å². The van der Waals surface area contributed by atoms with Crippen LogP contribution < -0.4 is 19.9 Å². The highest BCUT2D eigenvalue weighted by molar-refractivity contribution is 7.92. The summed E-state index contributed by atoms with van der Waals surface area (Å²) in [6, 6.07) is 16.5. The summed E-state index contributed by atoms with van der Waals surface area (Å²) in [6.45, 7) is 5.75. The highest BCUT2D eigenvalue weighted by atomic mass is 32.2. The minimum Gasteiger partial charge on any atom is -0.496 e. The second-order valence-corrected chi connectivity index (χ2v) is 10.9. The van der Waals surface area contributed by atoms with Gasteiger partial charge < -0.3 is 19.9 Å². The molecule has 0 radical (unpaired) electrons. The Morgan fingerprint density at radius 1 is 0.872 bits per heavy atom. The molecule has 0 unspecified atom stereocenters. The van der Waals surface area contributed by atoms with Crippen LogP contribution >= 0.6 is 0 Å². The smallest absolute Gasteiger partial charge is 0.230 e. The number of anilines is 1. The van der Waals surface area contributed by atoms with Gasteiger partial charge >= 0.3 is 0 Å². The lowest BCUT2D eigenvalue weighted by Crippen LogP contribution is -2.19. The van der Waals surface area contributed by atoms with Crippen molar-refractivity contribution >= 4 is 21.4 Å². The van der Waals surface area contributed by atoms with E-state index in [0.717, 1.165) is 16.7 Å². The number of ether oxygens (including phenoxy) is 3. The summed E-state index contributed by atoms with van der Waals surface area (Å²) in [5, 5.41) is -0.285. The van der Waals surface area contributed by atoms with Crippen molar-refractivity contribution in [2.75, 3.05) is 25.7 Å². The van der Waals surface area contributed by atoms with Crippen LogP contribution in [0.2, 0.25) is 0 Å². The van der Waals surface area contributed by atoms with Crippen LogP contribution in [0.3, 0.4) is 0 Å². The van der Waals surface area contributed by atoms with E-state index in [1.54, 1.807) is 24.3 Å². The van der Waals surface area contributed by atoms with Crippen molar-refractivity contribution in [1.29, 1.82) is 0 Å². The van der Waals surface area contributed by atoms with Gasteiger partial charge in [0.1, 0.15) is 28.8 Å². The van der Waals surface area contributed by atoms with Gasteiger partial charge in [0.2, 0.25) is 15.7 Å². The first kappa shape index (κ1) is 27.6. The Balaban J connectivity index is 1.84. The third kappa shape index (κ3) is 5.85. The molecule has 4 aromatic rings. The number of nitrogen functional groups attached to an aromatic ring is 1. The molecule has 0 aliphatic rings. The van der Waals surface area contributed by atoms with Crippen LogP contribution in [0.25, 0.3) is 11.3 Å². The van der Waals surface area contributed by atoms with Crippen molar-refractivity contribution in [2.45, 2.75) is 25.8 Å². The van der Waals surface area contributed by atoms with E-state index < -0.39 is 21.4 Å². The fourth-order valence-corrected chi connectivity index (χ4v) is 5.51. The summed E-state index contributed by atoms with van der Waals surface area (Å²) in [7, 11) is -1.03. The number of hydrogen-bond acceptors (Lipinski definition) is 9. The molecule has 9 nitrogen and oxygen atoms in total. The quantitative estimate of drug-likeness (QED) is 0.284. The lowest BCUT2D eigenvalue weighted by molar-refractivity contribution is 0.101. The van der Waals surface area contributed by atoms with Gasteiger partial charge in [0.15, 0.2) is 10.8 Å². The summed E-state index contributed by atoms with van der Waals surface area (Å²) in [4.78, 5) is 22.0. The van der Waals surface area contributed by atoms with E-state index in [1.165, 1.54) is 38.5 Å². The van der Waals surface area contributed by atoms with Gasteiger partial charge in [-0.1, -0.05) is 29.8 Å². The van der Waals surface area contributed by atoms with Crippen LogP contribution in [0.15, 0.2) is 65.7 Å². The summed E-state index contributed by atoms with van der Waals surface area (Å²) >= 11 is 0. The number of rotatable bonds is 9. The third-order valence-corrected chi connectivity index (χ3v) is 7.54. The molecule has 202 valence electrons. The number of aryl methyl sites for hydroxylation is 3. The zero-order valence-corrected chi connectivity index (χ0v) is 23.1. The molecule has 10 heteroatoms. The molecular weight excluding hydrogens is 518 g/mol. The van der Waals surface area contributed by atoms with Crippen molar-refractivity contribution < 1.29 is 27.4 Å². The van der Waals surface area contributed by atoms with Gasteiger partial charge in [0.05, 0.1) is 31.0 Å². The number of nitrogens with zero attached hydrogens (tertiary/aromatic N) is 2. The molecule has 0 amide bonds. The molecule has 0 bridgehead atoms. The van der Waals surface area contributed by atoms with Crippen LogP contribution in [0.5, 0.6) is 23.1 Å². The fourth-order valence-electron chi connectivity index (χ4n) is 4.33. The van der Waals surface area contributed by atoms with E-state index in [1.807, 2.05) is 32.9 Å². The third-order valence-electron chi connectivity index (χ3n) is 6.03. The second kappa shape index (κ2) is 11.1.